The van der Waals surface area contributed by atoms with Gasteiger partial charge in [0.2, 0.25) is 11.1 Å². The van der Waals surface area contributed by atoms with Gasteiger partial charge in [-0.05, 0) is 34.9 Å². The first kappa shape index (κ1) is 19.3. The Bertz CT molecular complexity index is 962. The molecule has 1 atom stereocenters. The van der Waals surface area contributed by atoms with Crippen LogP contribution in [0.5, 0.6) is 0 Å². The first-order valence-electron chi connectivity index (χ1n) is 7.64. The van der Waals surface area contributed by atoms with Crippen LogP contribution in [0.1, 0.15) is 11.8 Å². The number of non-ortho nitro benzene ring substituents is 1. The third-order valence-electron chi connectivity index (χ3n) is 3.45. The molecule has 140 valence electrons. The molecule has 1 amide bonds. The molecule has 3 aromatic rings. The molecule has 12 heteroatoms. The molecule has 0 aliphatic carbocycles. The van der Waals surface area contributed by atoms with Gasteiger partial charge in [0.15, 0.2) is 0 Å². The highest BCUT2D eigenvalue weighted by atomic mass is 35.5. The van der Waals surface area contributed by atoms with Crippen molar-refractivity contribution in [2.75, 3.05) is 5.32 Å². The number of nitro groups is 1. The van der Waals surface area contributed by atoms with Gasteiger partial charge in [0.25, 0.3) is 5.69 Å². The van der Waals surface area contributed by atoms with Crippen LogP contribution < -0.4 is 5.32 Å². The molecule has 0 fully saturated rings. The van der Waals surface area contributed by atoms with Crippen LogP contribution in [-0.2, 0) is 11.3 Å². The number of nitrogens with zero attached hydrogens (tertiary/aromatic N) is 5. The molecule has 3 rings (SSSR count). The predicted molar refractivity (Wildman–Crippen MR) is 103 cm³/mol. The molecule has 0 saturated heterocycles. The summed E-state index contributed by atoms with van der Waals surface area (Å²) in [5.41, 5.74) is 0.0244. The second-order valence-electron chi connectivity index (χ2n) is 5.37. The highest BCUT2D eigenvalue weighted by molar-refractivity contribution is 8.00. The number of thioether (sulfide) groups is 1. The van der Waals surface area contributed by atoms with Gasteiger partial charge >= 0.3 is 0 Å². The van der Waals surface area contributed by atoms with Crippen LogP contribution in [0, 0.1) is 10.1 Å². The standard InChI is InChI=1S/C15H13ClN6O3S2/c1-9(14(23)17-13-7-10(22(24)25)4-5-12(13)16)27-15-18-19-20-21(15)8-11-3-2-6-26-11/h2-7,9H,8H2,1H3,(H,17,23). The monoisotopic (exact) mass is 424 g/mol. The Balaban J connectivity index is 1.68. The van der Waals surface area contributed by atoms with Crippen molar-refractivity contribution >= 4 is 52.0 Å². The third kappa shape index (κ3) is 4.81. The maximum atomic E-state index is 12.5. The Morgan fingerprint density at radius 1 is 1.48 bits per heavy atom. The van der Waals surface area contributed by atoms with Gasteiger partial charge in [0.1, 0.15) is 0 Å². The summed E-state index contributed by atoms with van der Waals surface area (Å²) in [6.45, 7) is 2.20. The summed E-state index contributed by atoms with van der Waals surface area (Å²) >= 11 is 8.79. The van der Waals surface area contributed by atoms with E-state index in [2.05, 4.69) is 20.8 Å². The average Bonchev–Trinajstić information content (AvgIpc) is 3.29. The van der Waals surface area contributed by atoms with Gasteiger partial charge in [0, 0.05) is 17.0 Å². The van der Waals surface area contributed by atoms with Crippen molar-refractivity contribution in [3.8, 4) is 0 Å². The third-order valence-corrected chi connectivity index (χ3v) is 5.72. The first-order valence-corrected chi connectivity index (χ1v) is 9.78. The van der Waals surface area contributed by atoms with Gasteiger partial charge in [-0.25, -0.2) is 4.68 Å². The van der Waals surface area contributed by atoms with E-state index in [9.17, 15) is 14.9 Å². The van der Waals surface area contributed by atoms with Gasteiger partial charge in [-0.2, -0.15) is 0 Å². The number of carbonyl (C=O) groups excluding carboxylic acids is 1. The number of nitrogens with one attached hydrogen (secondary N) is 1. The second kappa shape index (κ2) is 8.46. The number of rotatable bonds is 7. The quantitative estimate of drug-likeness (QED) is 0.350. The number of hydrogen-bond acceptors (Lipinski definition) is 8. The number of aromatic nitrogens is 4. The zero-order chi connectivity index (χ0) is 19.4. The predicted octanol–water partition coefficient (Wildman–Crippen LogP) is 3.46. The summed E-state index contributed by atoms with van der Waals surface area (Å²) in [5, 5.41) is 27.2. The molecule has 2 aromatic heterocycles. The van der Waals surface area contributed by atoms with Crippen LogP contribution >= 0.6 is 34.7 Å². The van der Waals surface area contributed by atoms with Gasteiger partial charge < -0.3 is 5.32 Å². The van der Waals surface area contributed by atoms with Crippen LogP contribution in [0.2, 0.25) is 5.02 Å². The summed E-state index contributed by atoms with van der Waals surface area (Å²) in [4.78, 5) is 23.9. The minimum Gasteiger partial charge on any atom is -0.324 e. The minimum atomic E-state index is -0.553. The van der Waals surface area contributed by atoms with E-state index >= 15 is 0 Å². The van der Waals surface area contributed by atoms with E-state index in [-0.39, 0.29) is 22.3 Å². The highest BCUT2D eigenvalue weighted by Crippen LogP contribution is 2.28. The molecule has 9 nitrogen and oxygen atoms in total. The van der Waals surface area contributed by atoms with Crippen molar-refractivity contribution < 1.29 is 9.72 Å². The van der Waals surface area contributed by atoms with Crippen LogP contribution in [0.15, 0.2) is 40.9 Å². The van der Waals surface area contributed by atoms with E-state index in [4.69, 9.17) is 11.6 Å². The van der Waals surface area contributed by atoms with Crippen LogP contribution in [0.3, 0.4) is 0 Å². The molecular formula is C15H13ClN6O3S2. The summed E-state index contributed by atoms with van der Waals surface area (Å²) in [6, 6.07) is 7.78. The molecule has 0 saturated carbocycles. The van der Waals surface area contributed by atoms with Crippen LogP contribution in [0.4, 0.5) is 11.4 Å². The molecule has 27 heavy (non-hydrogen) atoms. The van der Waals surface area contributed by atoms with Crippen molar-refractivity contribution in [3.63, 3.8) is 0 Å². The topological polar surface area (TPSA) is 116 Å². The van der Waals surface area contributed by atoms with E-state index in [0.29, 0.717) is 11.7 Å². The Morgan fingerprint density at radius 2 is 2.30 bits per heavy atom. The number of nitro benzene ring substituents is 1. The maximum Gasteiger partial charge on any atom is 0.271 e. The van der Waals surface area contributed by atoms with E-state index in [1.165, 1.54) is 30.0 Å². The fraction of sp³-hybridized carbons (Fsp3) is 0.200. The number of hydrogen-bond donors (Lipinski definition) is 1. The van der Waals surface area contributed by atoms with E-state index in [1.807, 2.05) is 17.5 Å². The van der Waals surface area contributed by atoms with Gasteiger partial charge in [-0.3, -0.25) is 14.9 Å². The largest absolute Gasteiger partial charge is 0.324 e. The molecule has 1 N–H and O–H groups in total. The number of anilines is 1. The van der Waals surface area contributed by atoms with Gasteiger partial charge in [-0.1, -0.05) is 29.4 Å². The fourth-order valence-corrected chi connectivity index (χ4v) is 3.74. The highest BCUT2D eigenvalue weighted by Gasteiger charge is 2.20. The van der Waals surface area contributed by atoms with Crippen LogP contribution in [-0.4, -0.2) is 36.3 Å². The molecular weight excluding hydrogens is 412 g/mol. The van der Waals surface area contributed by atoms with Crippen molar-refractivity contribution in [2.45, 2.75) is 23.9 Å². The number of benzene rings is 1. The zero-order valence-corrected chi connectivity index (χ0v) is 16.3. The Hall–Kier alpha value is -2.50. The molecule has 0 radical (unpaired) electrons. The Kier molecular flexibility index (Phi) is 6.04. The van der Waals surface area contributed by atoms with Crippen molar-refractivity contribution in [2.24, 2.45) is 0 Å². The first-order chi connectivity index (χ1) is 12.9. The molecule has 1 aromatic carbocycles. The molecule has 0 aliphatic rings. The molecule has 0 bridgehead atoms. The summed E-state index contributed by atoms with van der Waals surface area (Å²) in [6.07, 6.45) is 0. The maximum absolute atomic E-state index is 12.5. The molecule has 1 unspecified atom stereocenters. The van der Waals surface area contributed by atoms with Gasteiger partial charge in [-0.15, -0.1) is 16.4 Å². The van der Waals surface area contributed by atoms with Crippen LogP contribution in [0.25, 0.3) is 0 Å². The fourth-order valence-electron chi connectivity index (χ4n) is 2.10. The summed E-state index contributed by atoms with van der Waals surface area (Å²) < 4.78 is 1.61. The molecule has 2 heterocycles. The lowest BCUT2D eigenvalue weighted by atomic mass is 10.2. The summed E-state index contributed by atoms with van der Waals surface area (Å²) in [7, 11) is 0. The average molecular weight is 425 g/mol. The van der Waals surface area contributed by atoms with E-state index < -0.39 is 10.2 Å². The van der Waals surface area contributed by atoms with E-state index in [1.54, 1.807) is 22.9 Å². The van der Waals surface area contributed by atoms with Gasteiger partial charge in [0.05, 0.1) is 27.4 Å². The van der Waals surface area contributed by atoms with Crippen molar-refractivity contribution in [1.29, 1.82) is 0 Å². The minimum absolute atomic E-state index is 0.158. The number of amides is 1. The Morgan fingerprint density at radius 3 is 3.00 bits per heavy atom. The normalized spacial score (nSPS) is 11.9. The van der Waals surface area contributed by atoms with Crippen molar-refractivity contribution in [1.82, 2.24) is 20.2 Å². The number of carbonyl (C=O) groups is 1. The number of halogens is 1. The second-order valence-corrected chi connectivity index (χ2v) is 8.12. The van der Waals surface area contributed by atoms with E-state index in [0.717, 1.165) is 4.88 Å². The smallest absolute Gasteiger partial charge is 0.271 e. The zero-order valence-electron chi connectivity index (χ0n) is 13.9. The number of thiophene rings is 1. The molecule has 0 spiro atoms. The summed E-state index contributed by atoms with van der Waals surface area (Å²) in [5.74, 6) is -0.368. The molecule has 0 aliphatic heterocycles. The lowest BCUT2D eigenvalue weighted by Crippen LogP contribution is -2.23. The van der Waals surface area contributed by atoms with Crippen molar-refractivity contribution in [3.05, 3.63) is 55.7 Å². The lowest BCUT2D eigenvalue weighted by Gasteiger charge is -2.12. The lowest BCUT2D eigenvalue weighted by molar-refractivity contribution is -0.384. The SMILES string of the molecule is CC(Sc1nnnn1Cc1cccs1)C(=O)Nc1cc([N+](=O)[O-])ccc1Cl. The number of tetrazole rings is 1. The Labute approximate surface area is 166 Å².